The highest BCUT2D eigenvalue weighted by Crippen LogP contribution is 2.20. The molecule has 18 heavy (non-hydrogen) atoms. The molecule has 6 heteroatoms. The quantitative estimate of drug-likeness (QED) is 0.916. The molecule has 0 bridgehead atoms. The second-order valence-electron chi connectivity index (χ2n) is 3.91. The zero-order valence-electron chi connectivity index (χ0n) is 10.3. The number of rotatable bonds is 4. The molecule has 0 spiro atoms. The molecule has 1 aromatic heterocycles. The van der Waals surface area contributed by atoms with E-state index in [0.717, 1.165) is 6.42 Å². The van der Waals surface area contributed by atoms with Crippen LogP contribution in [0.1, 0.15) is 12.5 Å². The molecule has 0 aliphatic heterocycles. The van der Waals surface area contributed by atoms with Crippen LogP contribution in [0.4, 0.5) is 5.69 Å². The van der Waals surface area contributed by atoms with Gasteiger partial charge in [0.15, 0.2) is 5.03 Å². The first kappa shape index (κ1) is 12.6. The molecule has 0 radical (unpaired) electrons. The Labute approximate surface area is 107 Å². The van der Waals surface area contributed by atoms with Gasteiger partial charge in [0.25, 0.3) is 10.0 Å². The maximum atomic E-state index is 12.2. The average Bonchev–Trinajstić information content (AvgIpc) is 2.92. The number of hydrogen-bond donors (Lipinski definition) is 1. The molecule has 1 heterocycles. The van der Waals surface area contributed by atoms with Gasteiger partial charge < -0.3 is 0 Å². The molecule has 1 N–H and O–H groups in total. The van der Waals surface area contributed by atoms with Crippen LogP contribution >= 0.6 is 0 Å². The Balaban J connectivity index is 2.33. The second-order valence-corrected chi connectivity index (χ2v) is 5.85. The van der Waals surface area contributed by atoms with Gasteiger partial charge >= 0.3 is 0 Å². The van der Waals surface area contributed by atoms with E-state index < -0.39 is 10.0 Å². The molecule has 0 amide bonds. The number of anilines is 1. The van der Waals surface area contributed by atoms with Crippen LogP contribution in [-0.4, -0.2) is 25.7 Å². The molecule has 96 valence electrons. The van der Waals surface area contributed by atoms with Crippen molar-refractivity contribution in [1.29, 1.82) is 0 Å². The summed E-state index contributed by atoms with van der Waals surface area (Å²) in [6.45, 7) is 2.06. The molecule has 0 saturated heterocycles. The van der Waals surface area contributed by atoms with Crippen molar-refractivity contribution in [1.82, 2.24) is 10.2 Å². The molecule has 0 saturated carbocycles. The number of nitrogens with zero attached hydrogens (tertiary/aromatic N) is 2. The number of hydrogen-bond acceptors (Lipinski definition) is 3. The molecular weight excluding hydrogens is 250 g/mol. The minimum Gasteiger partial charge on any atom is -0.268 e. The topological polar surface area (TPSA) is 66.1 Å². The van der Waals surface area contributed by atoms with Crippen molar-refractivity contribution >= 4 is 15.7 Å². The number of nitrogens with one attached hydrogen (secondary N) is 1. The number of benzene rings is 1. The molecule has 0 unspecified atom stereocenters. The number of aryl methyl sites for hydroxylation is 1. The first-order valence-electron chi connectivity index (χ1n) is 5.63. The molecule has 5 nitrogen and oxygen atoms in total. The Hall–Kier alpha value is -1.82. The molecule has 2 aromatic rings. The van der Waals surface area contributed by atoms with Gasteiger partial charge in [-0.3, -0.25) is 9.40 Å². The van der Waals surface area contributed by atoms with Gasteiger partial charge in [0.1, 0.15) is 0 Å². The van der Waals surface area contributed by atoms with Crippen molar-refractivity contribution in [2.75, 3.05) is 11.4 Å². The van der Waals surface area contributed by atoms with Crippen molar-refractivity contribution in [3.05, 3.63) is 42.1 Å². The fourth-order valence-corrected chi connectivity index (χ4v) is 2.71. The first-order valence-corrected chi connectivity index (χ1v) is 7.07. The van der Waals surface area contributed by atoms with Crippen LogP contribution in [0.25, 0.3) is 0 Å². The second kappa shape index (κ2) is 4.81. The number of aromatic amines is 1. The van der Waals surface area contributed by atoms with Crippen molar-refractivity contribution in [3.8, 4) is 0 Å². The summed E-state index contributed by atoms with van der Waals surface area (Å²) < 4.78 is 25.6. The van der Waals surface area contributed by atoms with Gasteiger partial charge in [0.05, 0.1) is 11.9 Å². The van der Waals surface area contributed by atoms with E-state index in [4.69, 9.17) is 0 Å². The zero-order chi connectivity index (χ0) is 13.2. The van der Waals surface area contributed by atoms with E-state index in [9.17, 15) is 8.42 Å². The van der Waals surface area contributed by atoms with E-state index in [-0.39, 0.29) is 5.03 Å². The van der Waals surface area contributed by atoms with Crippen molar-refractivity contribution in [2.45, 2.75) is 18.4 Å². The summed E-state index contributed by atoms with van der Waals surface area (Å²) in [7, 11) is -2.03. The predicted octanol–water partition coefficient (Wildman–Crippen LogP) is 1.80. The fraction of sp³-hybridized carbons (Fsp3) is 0.250. The summed E-state index contributed by atoms with van der Waals surface area (Å²) in [5.41, 5.74) is 1.80. The lowest BCUT2D eigenvalue weighted by molar-refractivity contribution is 0.590. The molecule has 1 aromatic carbocycles. The lowest BCUT2D eigenvalue weighted by Gasteiger charge is -2.18. The van der Waals surface area contributed by atoms with Crippen LogP contribution < -0.4 is 4.31 Å². The average molecular weight is 265 g/mol. The van der Waals surface area contributed by atoms with Gasteiger partial charge in [-0.1, -0.05) is 19.1 Å². The van der Waals surface area contributed by atoms with Crippen LogP contribution in [-0.2, 0) is 16.4 Å². The van der Waals surface area contributed by atoms with Crippen LogP contribution in [0.2, 0.25) is 0 Å². The normalized spacial score (nSPS) is 11.4. The smallest absolute Gasteiger partial charge is 0.268 e. The van der Waals surface area contributed by atoms with Gasteiger partial charge in [-0.2, -0.15) is 13.5 Å². The van der Waals surface area contributed by atoms with E-state index >= 15 is 0 Å². The highest BCUT2D eigenvalue weighted by molar-refractivity contribution is 7.92. The Morgan fingerprint density at radius 2 is 1.89 bits per heavy atom. The highest BCUT2D eigenvalue weighted by Gasteiger charge is 2.22. The fourth-order valence-electron chi connectivity index (χ4n) is 1.61. The minimum atomic E-state index is -3.55. The Morgan fingerprint density at radius 1 is 1.22 bits per heavy atom. The molecule has 0 aliphatic carbocycles. The Kier molecular flexibility index (Phi) is 3.38. The number of aromatic nitrogens is 2. The maximum Gasteiger partial charge on any atom is 0.281 e. The van der Waals surface area contributed by atoms with E-state index in [1.807, 2.05) is 12.1 Å². The minimum absolute atomic E-state index is 0.0876. The summed E-state index contributed by atoms with van der Waals surface area (Å²) in [6, 6.07) is 8.88. The van der Waals surface area contributed by atoms with E-state index in [0.29, 0.717) is 5.69 Å². The number of H-pyrrole nitrogens is 1. The van der Waals surface area contributed by atoms with E-state index in [1.54, 1.807) is 12.1 Å². The van der Waals surface area contributed by atoms with Gasteiger partial charge in [-0.05, 0) is 30.2 Å². The van der Waals surface area contributed by atoms with E-state index in [2.05, 4.69) is 17.1 Å². The monoisotopic (exact) mass is 265 g/mol. The molecular formula is C12H15N3O2S. The highest BCUT2D eigenvalue weighted by atomic mass is 32.2. The Morgan fingerprint density at radius 3 is 2.39 bits per heavy atom. The van der Waals surface area contributed by atoms with Gasteiger partial charge in [0.2, 0.25) is 0 Å². The van der Waals surface area contributed by atoms with Crippen LogP contribution in [0, 0.1) is 0 Å². The third kappa shape index (κ3) is 2.24. The predicted molar refractivity (Wildman–Crippen MR) is 70.0 cm³/mol. The summed E-state index contributed by atoms with van der Waals surface area (Å²) in [5.74, 6) is 0. The van der Waals surface area contributed by atoms with Gasteiger partial charge in [-0.15, -0.1) is 0 Å². The van der Waals surface area contributed by atoms with E-state index in [1.165, 1.54) is 29.2 Å². The van der Waals surface area contributed by atoms with Crippen LogP contribution in [0.15, 0.2) is 41.6 Å². The summed E-state index contributed by atoms with van der Waals surface area (Å²) in [6.07, 6.45) is 2.35. The third-order valence-corrected chi connectivity index (χ3v) is 4.54. The Bertz CT molecular complexity index is 603. The zero-order valence-corrected chi connectivity index (χ0v) is 11.1. The van der Waals surface area contributed by atoms with Crippen LogP contribution in [0.3, 0.4) is 0 Å². The molecule has 0 fully saturated rings. The SMILES string of the molecule is CCc1ccc(N(C)S(=O)(=O)c2ccn[nH]2)cc1. The lowest BCUT2D eigenvalue weighted by atomic mass is 10.1. The molecule has 0 atom stereocenters. The summed E-state index contributed by atoms with van der Waals surface area (Å²) >= 11 is 0. The standard InChI is InChI=1S/C12H15N3O2S/c1-3-10-4-6-11(7-5-10)15(2)18(16,17)12-8-9-13-14-12/h4-9H,3H2,1-2H3,(H,13,14). The summed E-state index contributed by atoms with van der Waals surface area (Å²) in [5, 5.41) is 6.22. The van der Waals surface area contributed by atoms with Crippen molar-refractivity contribution < 1.29 is 8.42 Å². The van der Waals surface area contributed by atoms with Crippen molar-refractivity contribution in [2.24, 2.45) is 0 Å². The number of sulfonamides is 1. The third-order valence-electron chi connectivity index (χ3n) is 2.82. The van der Waals surface area contributed by atoms with Gasteiger partial charge in [0, 0.05) is 7.05 Å². The van der Waals surface area contributed by atoms with Crippen molar-refractivity contribution in [3.63, 3.8) is 0 Å². The van der Waals surface area contributed by atoms with Crippen LogP contribution in [0.5, 0.6) is 0 Å². The van der Waals surface area contributed by atoms with Gasteiger partial charge in [-0.25, -0.2) is 0 Å². The molecule has 0 aliphatic rings. The first-order chi connectivity index (χ1) is 8.55. The largest absolute Gasteiger partial charge is 0.281 e. The lowest BCUT2D eigenvalue weighted by Crippen LogP contribution is -2.26. The summed E-state index contributed by atoms with van der Waals surface area (Å²) in [4.78, 5) is 0. The molecule has 2 rings (SSSR count). The maximum absolute atomic E-state index is 12.2.